The van der Waals surface area contributed by atoms with E-state index in [1.165, 1.54) is 51.4 Å². The van der Waals surface area contributed by atoms with Gasteiger partial charge >= 0.3 is 0 Å². The third-order valence-electron chi connectivity index (χ3n) is 13.9. The van der Waals surface area contributed by atoms with Gasteiger partial charge in [-0.3, -0.25) is 0 Å². The van der Waals surface area contributed by atoms with E-state index in [-0.39, 0.29) is 0 Å². The van der Waals surface area contributed by atoms with E-state index < -0.39 is 0 Å². The highest BCUT2D eigenvalue weighted by molar-refractivity contribution is 5.12. The first kappa shape index (κ1) is 21.5. The minimum atomic E-state index is 0.675. The van der Waals surface area contributed by atoms with Crippen molar-refractivity contribution in [3.05, 3.63) is 0 Å². The van der Waals surface area contributed by atoms with Gasteiger partial charge in [0.15, 0.2) is 0 Å². The molecule has 0 aromatic rings. The van der Waals surface area contributed by atoms with Crippen LogP contribution in [0.2, 0.25) is 0 Å². The van der Waals surface area contributed by atoms with E-state index in [4.69, 9.17) is 0 Å². The molecule has 0 radical (unpaired) electrons. The Bertz CT molecular complexity index is 678. The molecule has 0 spiro atoms. The minimum Gasteiger partial charge on any atom is -0.0594 e. The molecule has 0 saturated heterocycles. The largest absolute Gasteiger partial charge is 0.0594 e. The molecule has 0 aromatic carbocycles. The first-order valence-corrected chi connectivity index (χ1v) is 14.8. The van der Waals surface area contributed by atoms with Crippen molar-refractivity contribution in [2.75, 3.05) is 0 Å². The van der Waals surface area contributed by atoms with Gasteiger partial charge in [-0.05, 0) is 141 Å². The molecule has 0 bridgehead atoms. The van der Waals surface area contributed by atoms with Gasteiger partial charge in [0.1, 0.15) is 0 Å². The molecule has 0 N–H and O–H groups in total. The zero-order valence-corrected chi connectivity index (χ0v) is 21.5. The standard InChI is InChI=1S/C31H52/c1-28(16-5-6-17-28)23-10-9-22-11-12-24-25-13-14-27(29(2)18-7-8-19-29)30(25,3)20-15-26(24)31(22,4)21-23/h22-27H,5-21H2,1-4H3/t22?,23-,24?,25?,26?,27-,30+,31+/m1/s1. The van der Waals surface area contributed by atoms with Crippen LogP contribution in [0, 0.1) is 57.2 Å². The molecule has 6 saturated carbocycles. The van der Waals surface area contributed by atoms with Crippen molar-refractivity contribution in [3.8, 4) is 0 Å². The van der Waals surface area contributed by atoms with Gasteiger partial charge in [-0.1, -0.05) is 53.4 Å². The van der Waals surface area contributed by atoms with Gasteiger partial charge in [0, 0.05) is 0 Å². The third kappa shape index (κ3) is 3.04. The van der Waals surface area contributed by atoms with Crippen LogP contribution in [-0.2, 0) is 0 Å². The van der Waals surface area contributed by atoms with Crippen LogP contribution in [0.3, 0.4) is 0 Å². The molecule has 0 amide bonds. The van der Waals surface area contributed by atoms with Gasteiger partial charge in [0.2, 0.25) is 0 Å². The summed E-state index contributed by atoms with van der Waals surface area (Å²) in [6.45, 7) is 11.0. The Kier molecular flexibility index (Phi) is 5.03. The molecule has 6 aliphatic rings. The Morgan fingerprint density at radius 1 is 0.484 bits per heavy atom. The van der Waals surface area contributed by atoms with Crippen LogP contribution in [0.5, 0.6) is 0 Å². The predicted molar refractivity (Wildman–Crippen MR) is 132 cm³/mol. The highest BCUT2D eigenvalue weighted by Gasteiger charge is 2.63. The zero-order valence-electron chi connectivity index (χ0n) is 21.5. The van der Waals surface area contributed by atoms with Crippen LogP contribution in [-0.4, -0.2) is 0 Å². The van der Waals surface area contributed by atoms with Crippen LogP contribution < -0.4 is 0 Å². The van der Waals surface area contributed by atoms with Gasteiger partial charge in [-0.15, -0.1) is 0 Å². The maximum atomic E-state index is 2.83. The summed E-state index contributed by atoms with van der Waals surface area (Å²) in [7, 11) is 0. The van der Waals surface area contributed by atoms with Crippen molar-refractivity contribution in [1.82, 2.24) is 0 Å². The Hall–Kier alpha value is 0. The van der Waals surface area contributed by atoms with E-state index in [0.29, 0.717) is 21.7 Å². The predicted octanol–water partition coefficient (Wildman–Crippen LogP) is 9.42. The second-order valence-corrected chi connectivity index (χ2v) is 15.0. The SMILES string of the molecule is CC1([C@@H]2CCC3CCC4C(CC[C@@]5(C)C4CC[C@@H]5C4(C)CCCC4)[C@@]3(C)C2)CCCC1. The van der Waals surface area contributed by atoms with Crippen molar-refractivity contribution in [3.63, 3.8) is 0 Å². The summed E-state index contributed by atoms with van der Waals surface area (Å²) in [5.41, 5.74) is 2.73. The number of rotatable bonds is 2. The van der Waals surface area contributed by atoms with Gasteiger partial charge in [0.25, 0.3) is 0 Å². The van der Waals surface area contributed by atoms with Crippen LogP contribution in [0.25, 0.3) is 0 Å². The second kappa shape index (κ2) is 7.25. The summed E-state index contributed by atoms with van der Waals surface area (Å²) in [4.78, 5) is 0. The molecule has 0 nitrogen and oxygen atoms in total. The average Bonchev–Trinajstić information content (AvgIpc) is 3.46. The molecule has 0 aliphatic heterocycles. The van der Waals surface area contributed by atoms with Crippen LogP contribution in [0.1, 0.15) is 137 Å². The molecule has 6 rings (SSSR count). The molecule has 0 heterocycles. The lowest BCUT2D eigenvalue weighted by Gasteiger charge is -2.63. The topological polar surface area (TPSA) is 0 Å². The Balaban J connectivity index is 1.26. The first-order valence-electron chi connectivity index (χ1n) is 14.8. The maximum absolute atomic E-state index is 2.83. The van der Waals surface area contributed by atoms with Crippen molar-refractivity contribution >= 4 is 0 Å². The lowest BCUT2D eigenvalue weighted by Crippen LogP contribution is -2.55. The molecule has 4 unspecified atom stereocenters. The van der Waals surface area contributed by atoms with Crippen LogP contribution in [0.4, 0.5) is 0 Å². The summed E-state index contributed by atoms with van der Waals surface area (Å²) >= 11 is 0. The lowest BCUT2D eigenvalue weighted by atomic mass is 9.42. The van der Waals surface area contributed by atoms with E-state index in [9.17, 15) is 0 Å². The molecule has 0 aromatic heterocycles. The molecule has 8 atom stereocenters. The van der Waals surface area contributed by atoms with E-state index >= 15 is 0 Å². The minimum absolute atomic E-state index is 0.675. The van der Waals surface area contributed by atoms with E-state index in [1.54, 1.807) is 57.8 Å². The van der Waals surface area contributed by atoms with E-state index in [2.05, 4.69) is 27.7 Å². The molecule has 6 aliphatic carbocycles. The Morgan fingerprint density at radius 2 is 1.06 bits per heavy atom. The Morgan fingerprint density at radius 3 is 1.77 bits per heavy atom. The molecular weight excluding hydrogens is 372 g/mol. The number of fused-ring (bicyclic) bond motifs is 5. The monoisotopic (exact) mass is 424 g/mol. The number of hydrogen-bond donors (Lipinski definition) is 0. The van der Waals surface area contributed by atoms with Crippen LogP contribution >= 0.6 is 0 Å². The molecule has 31 heavy (non-hydrogen) atoms. The van der Waals surface area contributed by atoms with Gasteiger partial charge < -0.3 is 0 Å². The Labute approximate surface area is 194 Å². The first-order chi connectivity index (χ1) is 14.8. The van der Waals surface area contributed by atoms with Gasteiger partial charge in [-0.2, -0.15) is 0 Å². The molecule has 6 fully saturated rings. The van der Waals surface area contributed by atoms with Gasteiger partial charge in [0.05, 0.1) is 0 Å². The summed E-state index contributed by atoms with van der Waals surface area (Å²) < 4.78 is 0. The maximum Gasteiger partial charge on any atom is -0.0261 e. The van der Waals surface area contributed by atoms with Crippen molar-refractivity contribution in [2.45, 2.75) is 137 Å². The van der Waals surface area contributed by atoms with E-state index in [0.717, 1.165) is 35.5 Å². The fraction of sp³-hybridized carbons (Fsp3) is 1.00. The third-order valence-corrected chi connectivity index (χ3v) is 13.9. The van der Waals surface area contributed by atoms with E-state index in [1.807, 2.05) is 0 Å². The average molecular weight is 425 g/mol. The highest BCUT2D eigenvalue weighted by atomic mass is 14.7. The summed E-state index contributed by atoms with van der Waals surface area (Å²) in [6.07, 6.45) is 26.4. The summed E-state index contributed by atoms with van der Waals surface area (Å²) in [6, 6.07) is 0. The molecule has 0 heteroatoms. The van der Waals surface area contributed by atoms with Crippen LogP contribution in [0.15, 0.2) is 0 Å². The number of hydrogen-bond acceptors (Lipinski definition) is 0. The highest BCUT2D eigenvalue weighted by Crippen LogP contribution is 2.71. The molecule has 176 valence electrons. The molecular formula is C31H52. The summed E-state index contributed by atoms with van der Waals surface area (Å²) in [5.74, 6) is 6.34. The van der Waals surface area contributed by atoms with Crippen molar-refractivity contribution < 1.29 is 0 Å². The normalized spacial score (nSPS) is 53.0. The van der Waals surface area contributed by atoms with Crippen molar-refractivity contribution in [2.24, 2.45) is 57.2 Å². The summed E-state index contributed by atoms with van der Waals surface area (Å²) in [5, 5.41) is 0. The second-order valence-electron chi connectivity index (χ2n) is 15.0. The van der Waals surface area contributed by atoms with Crippen molar-refractivity contribution in [1.29, 1.82) is 0 Å². The lowest BCUT2D eigenvalue weighted by molar-refractivity contribution is -0.137. The van der Waals surface area contributed by atoms with Gasteiger partial charge in [-0.25, -0.2) is 0 Å². The zero-order chi connectivity index (χ0) is 21.5. The smallest absolute Gasteiger partial charge is 0.0261 e. The quantitative estimate of drug-likeness (QED) is 0.414. The fourth-order valence-corrected chi connectivity index (χ4v) is 12.2. The fourth-order valence-electron chi connectivity index (χ4n) is 12.2.